The predicted octanol–water partition coefficient (Wildman–Crippen LogP) is 5.65. The van der Waals surface area contributed by atoms with E-state index in [1.54, 1.807) is 6.26 Å². The lowest BCUT2D eigenvalue weighted by Gasteiger charge is -2.20. The first-order chi connectivity index (χ1) is 15.2. The molecule has 1 aliphatic rings. The molecule has 1 aliphatic heterocycles. The van der Waals surface area contributed by atoms with Gasteiger partial charge in [-0.05, 0) is 18.9 Å². The number of hydrogen-bond donors (Lipinski definition) is 3. The van der Waals surface area contributed by atoms with Gasteiger partial charge in [-0.25, -0.2) is 0 Å². The third kappa shape index (κ3) is 14.2. The average molecular weight is 443 g/mol. The van der Waals surface area contributed by atoms with Crippen molar-refractivity contribution in [3.8, 4) is 0 Å². The van der Waals surface area contributed by atoms with Crippen molar-refractivity contribution in [1.29, 1.82) is 0 Å². The first-order valence-electron chi connectivity index (χ1n) is 13.1. The van der Waals surface area contributed by atoms with E-state index in [4.69, 9.17) is 14.6 Å². The van der Waals surface area contributed by atoms with Gasteiger partial charge in [-0.15, -0.1) is 0 Å². The summed E-state index contributed by atoms with van der Waals surface area (Å²) in [5.74, 6) is 0. The zero-order valence-corrected chi connectivity index (χ0v) is 20.1. The Morgan fingerprint density at radius 3 is 1.81 bits per heavy atom. The van der Waals surface area contributed by atoms with Crippen molar-refractivity contribution in [2.24, 2.45) is 0 Å². The van der Waals surface area contributed by atoms with Crippen LogP contribution in [0.2, 0.25) is 0 Å². The molecule has 0 aromatic heterocycles. The Morgan fingerprint density at radius 1 is 0.839 bits per heavy atom. The molecule has 0 bridgehead atoms. The monoisotopic (exact) mass is 442 g/mol. The fourth-order valence-electron chi connectivity index (χ4n) is 4.21. The fourth-order valence-corrected chi connectivity index (χ4v) is 4.21. The first kappa shape index (κ1) is 28.4. The highest BCUT2D eigenvalue weighted by Gasteiger charge is 2.40. The second-order valence-electron chi connectivity index (χ2n) is 9.18. The van der Waals surface area contributed by atoms with Gasteiger partial charge in [-0.2, -0.15) is 0 Å². The fraction of sp³-hybridized carbons (Fsp3) is 0.923. The molecule has 184 valence electrons. The third-order valence-corrected chi connectivity index (χ3v) is 6.31. The molecule has 1 fully saturated rings. The molecule has 0 unspecified atom stereocenters. The molecule has 0 aromatic rings. The summed E-state index contributed by atoms with van der Waals surface area (Å²) in [6.45, 7) is 2.08. The Morgan fingerprint density at radius 2 is 1.32 bits per heavy atom. The molecule has 31 heavy (non-hydrogen) atoms. The third-order valence-electron chi connectivity index (χ3n) is 6.31. The molecule has 1 heterocycles. The number of rotatable bonds is 21. The van der Waals surface area contributed by atoms with Crippen LogP contribution in [-0.2, 0) is 9.47 Å². The summed E-state index contributed by atoms with van der Waals surface area (Å²) in [5, 5.41) is 28.6. The Hall–Kier alpha value is -0.620. The Labute approximate surface area is 191 Å². The lowest BCUT2D eigenvalue weighted by Crippen LogP contribution is -2.40. The van der Waals surface area contributed by atoms with Crippen LogP contribution < -0.4 is 0 Å². The minimum absolute atomic E-state index is 0.228. The molecule has 5 heteroatoms. The lowest BCUT2D eigenvalue weighted by atomic mass is 10.0. The van der Waals surface area contributed by atoms with Crippen LogP contribution in [0.25, 0.3) is 0 Å². The predicted molar refractivity (Wildman–Crippen MR) is 127 cm³/mol. The van der Waals surface area contributed by atoms with Gasteiger partial charge in [0, 0.05) is 0 Å². The van der Waals surface area contributed by atoms with Gasteiger partial charge >= 0.3 is 0 Å². The summed E-state index contributed by atoms with van der Waals surface area (Å²) >= 11 is 0. The van der Waals surface area contributed by atoms with Gasteiger partial charge in [0.1, 0.15) is 24.4 Å². The SMILES string of the molecule is CCCCCCCCCCCCCCCCCC/C=C/O[C@H]1CO[C@@H]([C@H](O)CO)[C@H]1O. The average Bonchev–Trinajstić information content (AvgIpc) is 3.15. The van der Waals surface area contributed by atoms with E-state index in [2.05, 4.69) is 6.92 Å². The van der Waals surface area contributed by atoms with E-state index < -0.39 is 31.0 Å². The molecule has 0 amide bonds. The molecule has 3 N–H and O–H groups in total. The van der Waals surface area contributed by atoms with Crippen molar-refractivity contribution in [2.75, 3.05) is 13.2 Å². The summed E-state index contributed by atoms with van der Waals surface area (Å²) in [6, 6.07) is 0. The van der Waals surface area contributed by atoms with Crippen LogP contribution in [0.15, 0.2) is 12.3 Å². The quantitative estimate of drug-likeness (QED) is 0.158. The zero-order valence-electron chi connectivity index (χ0n) is 20.1. The van der Waals surface area contributed by atoms with Crippen molar-refractivity contribution in [3.63, 3.8) is 0 Å². The summed E-state index contributed by atoms with van der Waals surface area (Å²) in [6.07, 6.45) is 23.4. The number of allylic oxidation sites excluding steroid dienone is 1. The van der Waals surface area contributed by atoms with Gasteiger partial charge in [-0.3, -0.25) is 0 Å². The standard InChI is InChI=1S/C26H50O5/c1-2-3-4-5-6-7-8-9-10-11-12-13-14-15-16-17-18-19-20-30-24-22-31-26(25(24)29)23(28)21-27/h19-20,23-29H,2-18,21-22H2,1H3/b20-19+/t23-,24+,25+,26+/m1/s1. The highest BCUT2D eigenvalue weighted by atomic mass is 16.6. The van der Waals surface area contributed by atoms with Crippen LogP contribution in [0.3, 0.4) is 0 Å². The molecule has 4 atom stereocenters. The number of unbranched alkanes of at least 4 members (excludes halogenated alkanes) is 16. The molecule has 1 saturated heterocycles. The van der Waals surface area contributed by atoms with E-state index in [0.717, 1.165) is 12.8 Å². The molecule has 0 saturated carbocycles. The van der Waals surface area contributed by atoms with Crippen LogP contribution >= 0.6 is 0 Å². The van der Waals surface area contributed by atoms with Gasteiger partial charge in [0.2, 0.25) is 0 Å². The van der Waals surface area contributed by atoms with Crippen molar-refractivity contribution in [2.45, 2.75) is 140 Å². The normalized spacial score (nSPS) is 22.4. The molecule has 0 aliphatic carbocycles. The van der Waals surface area contributed by atoms with Crippen molar-refractivity contribution < 1.29 is 24.8 Å². The maximum atomic E-state index is 10.0. The number of aliphatic hydroxyl groups is 3. The molecule has 0 radical (unpaired) electrons. The van der Waals surface area contributed by atoms with Crippen LogP contribution in [0, 0.1) is 0 Å². The van der Waals surface area contributed by atoms with Crippen LogP contribution in [0.1, 0.15) is 116 Å². The molecule has 1 rings (SSSR count). The number of aliphatic hydroxyl groups excluding tert-OH is 3. The second kappa shape index (κ2) is 20.0. The van der Waals surface area contributed by atoms with Gasteiger partial charge in [-0.1, -0.05) is 103 Å². The molecule has 5 nitrogen and oxygen atoms in total. The first-order valence-corrected chi connectivity index (χ1v) is 13.1. The number of hydrogen-bond acceptors (Lipinski definition) is 5. The van der Waals surface area contributed by atoms with E-state index in [-0.39, 0.29) is 6.61 Å². The van der Waals surface area contributed by atoms with Gasteiger partial charge < -0.3 is 24.8 Å². The minimum Gasteiger partial charge on any atom is -0.493 e. The summed E-state index contributed by atoms with van der Waals surface area (Å²) in [7, 11) is 0. The Balaban J connectivity index is 1.81. The van der Waals surface area contributed by atoms with E-state index in [9.17, 15) is 10.2 Å². The van der Waals surface area contributed by atoms with Crippen LogP contribution in [0.5, 0.6) is 0 Å². The van der Waals surface area contributed by atoms with Crippen molar-refractivity contribution in [3.05, 3.63) is 12.3 Å². The zero-order chi connectivity index (χ0) is 22.6. The van der Waals surface area contributed by atoms with Crippen molar-refractivity contribution >= 4 is 0 Å². The Bertz CT molecular complexity index is 415. The van der Waals surface area contributed by atoms with Crippen LogP contribution in [0.4, 0.5) is 0 Å². The maximum Gasteiger partial charge on any atom is 0.149 e. The second-order valence-corrected chi connectivity index (χ2v) is 9.18. The molecular formula is C26H50O5. The van der Waals surface area contributed by atoms with E-state index in [0.29, 0.717) is 0 Å². The maximum absolute atomic E-state index is 10.0. The van der Waals surface area contributed by atoms with Crippen molar-refractivity contribution in [1.82, 2.24) is 0 Å². The molecule has 0 aromatic carbocycles. The number of ether oxygens (including phenoxy) is 2. The van der Waals surface area contributed by atoms with Crippen LogP contribution in [-0.4, -0.2) is 52.9 Å². The van der Waals surface area contributed by atoms with Gasteiger partial charge in [0.15, 0.2) is 0 Å². The largest absolute Gasteiger partial charge is 0.493 e. The van der Waals surface area contributed by atoms with E-state index in [1.807, 2.05) is 6.08 Å². The summed E-state index contributed by atoms with van der Waals surface area (Å²) < 4.78 is 10.8. The molecular weight excluding hydrogens is 392 g/mol. The molecule has 0 spiro atoms. The minimum atomic E-state index is -1.07. The summed E-state index contributed by atoms with van der Waals surface area (Å²) in [4.78, 5) is 0. The van der Waals surface area contributed by atoms with E-state index in [1.165, 1.54) is 96.3 Å². The van der Waals surface area contributed by atoms with E-state index >= 15 is 0 Å². The smallest absolute Gasteiger partial charge is 0.149 e. The van der Waals surface area contributed by atoms with Gasteiger partial charge in [0.05, 0.1) is 19.5 Å². The highest BCUT2D eigenvalue weighted by Crippen LogP contribution is 2.20. The van der Waals surface area contributed by atoms with Gasteiger partial charge in [0.25, 0.3) is 0 Å². The lowest BCUT2D eigenvalue weighted by molar-refractivity contribution is -0.0689. The topological polar surface area (TPSA) is 79.2 Å². The Kier molecular flexibility index (Phi) is 18.3. The highest BCUT2D eigenvalue weighted by molar-refractivity contribution is 4.90. The summed E-state index contributed by atoms with van der Waals surface area (Å²) in [5.41, 5.74) is 0.